The molecule has 0 unspecified atom stereocenters. The summed E-state index contributed by atoms with van der Waals surface area (Å²) in [6.45, 7) is 0. The lowest BCUT2D eigenvalue weighted by Gasteiger charge is -2.08. The summed E-state index contributed by atoms with van der Waals surface area (Å²) in [5, 5.41) is 23.7. The Labute approximate surface area is 121 Å². The van der Waals surface area contributed by atoms with E-state index in [9.17, 15) is 15.0 Å². The number of rotatable bonds is 2. The number of phenolic OH excluding ortho intramolecular Hbond substituents is 2. The van der Waals surface area contributed by atoms with Gasteiger partial charge < -0.3 is 15.5 Å². The van der Waals surface area contributed by atoms with Crippen LogP contribution in [0.3, 0.4) is 0 Å². The van der Waals surface area contributed by atoms with Crippen LogP contribution in [-0.4, -0.2) is 16.1 Å². The van der Waals surface area contributed by atoms with Crippen molar-refractivity contribution in [3.63, 3.8) is 0 Å². The molecule has 4 nitrogen and oxygen atoms in total. The Kier molecular flexibility index (Phi) is 3.20. The number of nitrogens with one attached hydrogen (secondary N) is 1. The fourth-order valence-electron chi connectivity index (χ4n) is 2.15. The zero-order valence-electron chi connectivity index (χ0n) is 11.1. The Balaban J connectivity index is 1.93. The molecule has 4 heteroatoms. The first-order chi connectivity index (χ1) is 10.1. The van der Waals surface area contributed by atoms with Gasteiger partial charge in [0.2, 0.25) is 0 Å². The lowest BCUT2D eigenvalue weighted by Crippen LogP contribution is -2.12. The lowest BCUT2D eigenvalue weighted by atomic mass is 10.1. The smallest absolute Gasteiger partial charge is 0.259 e. The topological polar surface area (TPSA) is 69.6 Å². The Bertz CT molecular complexity index is 810. The Morgan fingerprint density at radius 1 is 0.857 bits per heavy atom. The second kappa shape index (κ2) is 5.17. The largest absolute Gasteiger partial charge is 0.508 e. The minimum Gasteiger partial charge on any atom is -0.508 e. The summed E-state index contributed by atoms with van der Waals surface area (Å²) < 4.78 is 0. The van der Waals surface area contributed by atoms with Gasteiger partial charge in [-0.25, -0.2) is 0 Å². The quantitative estimate of drug-likeness (QED) is 0.629. The molecule has 3 aromatic rings. The van der Waals surface area contributed by atoms with Crippen molar-refractivity contribution >= 4 is 22.4 Å². The normalized spacial score (nSPS) is 10.5. The van der Waals surface area contributed by atoms with Crippen molar-refractivity contribution in [2.45, 2.75) is 0 Å². The molecular weight excluding hydrogens is 266 g/mol. The van der Waals surface area contributed by atoms with Gasteiger partial charge >= 0.3 is 0 Å². The third-order valence-electron chi connectivity index (χ3n) is 3.23. The molecule has 0 aromatic heterocycles. The maximum absolute atomic E-state index is 12.2. The number of carbonyl (C=O) groups excluding carboxylic acids is 1. The van der Waals surface area contributed by atoms with E-state index in [2.05, 4.69) is 5.32 Å². The third kappa shape index (κ3) is 2.65. The summed E-state index contributed by atoms with van der Waals surface area (Å²) in [5.41, 5.74) is 0.757. The molecule has 0 aliphatic rings. The number of amides is 1. The fourth-order valence-corrected chi connectivity index (χ4v) is 2.15. The maximum Gasteiger partial charge on any atom is 0.259 e. The predicted octanol–water partition coefficient (Wildman–Crippen LogP) is 3.50. The molecule has 3 aromatic carbocycles. The molecule has 0 atom stereocenters. The van der Waals surface area contributed by atoms with Gasteiger partial charge in [0.05, 0.1) is 5.56 Å². The molecule has 0 radical (unpaired) electrons. The first-order valence-electron chi connectivity index (χ1n) is 6.45. The zero-order chi connectivity index (χ0) is 14.8. The monoisotopic (exact) mass is 279 g/mol. The number of anilines is 1. The summed E-state index contributed by atoms with van der Waals surface area (Å²) >= 11 is 0. The van der Waals surface area contributed by atoms with E-state index in [-0.39, 0.29) is 17.1 Å². The van der Waals surface area contributed by atoms with Crippen molar-refractivity contribution in [2.24, 2.45) is 0 Å². The van der Waals surface area contributed by atoms with Gasteiger partial charge in [-0.05, 0) is 47.2 Å². The summed E-state index contributed by atoms with van der Waals surface area (Å²) in [6.07, 6.45) is 0. The van der Waals surface area contributed by atoms with E-state index in [1.54, 1.807) is 24.3 Å². The van der Waals surface area contributed by atoms with Crippen LogP contribution in [0.4, 0.5) is 5.69 Å². The van der Waals surface area contributed by atoms with E-state index in [1.807, 2.05) is 24.3 Å². The minimum atomic E-state index is -0.399. The Hall–Kier alpha value is -3.01. The minimum absolute atomic E-state index is 0.0648. The van der Waals surface area contributed by atoms with Crippen LogP contribution in [0.1, 0.15) is 10.4 Å². The van der Waals surface area contributed by atoms with E-state index < -0.39 is 5.91 Å². The highest BCUT2D eigenvalue weighted by Gasteiger charge is 2.12. The van der Waals surface area contributed by atoms with Gasteiger partial charge in [-0.2, -0.15) is 0 Å². The van der Waals surface area contributed by atoms with Gasteiger partial charge in [0, 0.05) is 5.69 Å². The number of hydrogen-bond donors (Lipinski definition) is 3. The van der Waals surface area contributed by atoms with Crippen molar-refractivity contribution in [3.8, 4) is 11.5 Å². The van der Waals surface area contributed by atoms with Gasteiger partial charge in [0.1, 0.15) is 11.5 Å². The van der Waals surface area contributed by atoms with Gasteiger partial charge in [0.25, 0.3) is 5.91 Å². The number of fused-ring (bicyclic) bond motifs is 1. The first kappa shape index (κ1) is 13.0. The molecule has 0 saturated heterocycles. The van der Waals surface area contributed by atoms with E-state index in [0.29, 0.717) is 5.69 Å². The third-order valence-corrected chi connectivity index (χ3v) is 3.23. The first-order valence-corrected chi connectivity index (χ1v) is 6.45. The van der Waals surface area contributed by atoms with Crippen LogP contribution in [0.15, 0.2) is 60.7 Å². The summed E-state index contributed by atoms with van der Waals surface area (Å²) in [6, 6.07) is 16.9. The highest BCUT2D eigenvalue weighted by molar-refractivity contribution is 6.08. The van der Waals surface area contributed by atoms with E-state index in [1.165, 1.54) is 12.1 Å². The van der Waals surface area contributed by atoms with Gasteiger partial charge in [-0.3, -0.25) is 4.79 Å². The SMILES string of the molecule is O=C(Nc1ccc(O)cc1)c1cc2ccccc2cc1O. The second-order valence-corrected chi connectivity index (χ2v) is 4.72. The molecule has 3 rings (SSSR count). The molecule has 104 valence electrons. The predicted molar refractivity (Wildman–Crippen MR) is 81.7 cm³/mol. The summed E-state index contributed by atoms with van der Waals surface area (Å²) in [5.74, 6) is -0.338. The number of benzene rings is 3. The number of carbonyl (C=O) groups is 1. The van der Waals surface area contributed by atoms with Crippen molar-refractivity contribution in [1.29, 1.82) is 0 Å². The molecule has 0 heterocycles. The van der Waals surface area contributed by atoms with Crippen molar-refractivity contribution in [2.75, 3.05) is 5.32 Å². The molecule has 0 aliphatic carbocycles. The molecule has 0 bridgehead atoms. The Morgan fingerprint density at radius 3 is 2.14 bits per heavy atom. The molecule has 3 N–H and O–H groups in total. The molecule has 0 saturated carbocycles. The van der Waals surface area contributed by atoms with Crippen LogP contribution in [0.25, 0.3) is 10.8 Å². The second-order valence-electron chi connectivity index (χ2n) is 4.72. The van der Waals surface area contributed by atoms with E-state index >= 15 is 0 Å². The maximum atomic E-state index is 12.2. The van der Waals surface area contributed by atoms with Crippen LogP contribution < -0.4 is 5.32 Å². The molecule has 21 heavy (non-hydrogen) atoms. The van der Waals surface area contributed by atoms with Crippen LogP contribution in [0.2, 0.25) is 0 Å². The van der Waals surface area contributed by atoms with Crippen LogP contribution in [-0.2, 0) is 0 Å². The van der Waals surface area contributed by atoms with Crippen LogP contribution in [0.5, 0.6) is 11.5 Å². The van der Waals surface area contributed by atoms with E-state index in [0.717, 1.165) is 10.8 Å². The highest BCUT2D eigenvalue weighted by Crippen LogP contribution is 2.26. The van der Waals surface area contributed by atoms with Crippen molar-refractivity contribution in [1.82, 2.24) is 0 Å². The standard InChI is InChI=1S/C17H13NO3/c19-14-7-5-13(6-8-14)18-17(21)15-9-11-3-1-2-4-12(11)10-16(15)20/h1-10,19-20H,(H,18,21). The molecular formula is C17H13NO3. The van der Waals surface area contributed by atoms with Crippen LogP contribution in [0, 0.1) is 0 Å². The van der Waals surface area contributed by atoms with Crippen LogP contribution >= 0.6 is 0 Å². The summed E-state index contributed by atoms with van der Waals surface area (Å²) in [7, 11) is 0. The van der Waals surface area contributed by atoms with E-state index in [4.69, 9.17) is 0 Å². The molecule has 1 amide bonds. The van der Waals surface area contributed by atoms with Gasteiger partial charge in [-0.1, -0.05) is 24.3 Å². The summed E-state index contributed by atoms with van der Waals surface area (Å²) in [4.78, 5) is 12.2. The average Bonchev–Trinajstić information content (AvgIpc) is 2.49. The number of aromatic hydroxyl groups is 2. The molecule has 0 spiro atoms. The molecule has 0 fully saturated rings. The van der Waals surface area contributed by atoms with Gasteiger partial charge in [0.15, 0.2) is 0 Å². The molecule has 0 aliphatic heterocycles. The van der Waals surface area contributed by atoms with Gasteiger partial charge in [-0.15, -0.1) is 0 Å². The highest BCUT2D eigenvalue weighted by atomic mass is 16.3. The lowest BCUT2D eigenvalue weighted by molar-refractivity contribution is 0.102. The zero-order valence-corrected chi connectivity index (χ0v) is 11.1. The van der Waals surface area contributed by atoms with Crippen molar-refractivity contribution in [3.05, 3.63) is 66.2 Å². The number of hydrogen-bond acceptors (Lipinski definition) is 3. The average molecular weight is 279 g/mol. The van der Waals surface area contributed by atoms with Crippen molar-refractivity contribution < 1.29 is 15.0 Å². The fraction of sp³-hybridized carbons (Fsp3) is 0. The number of phenols is 2. The Morgan fingerprint density at radius 2 is 1.48 bits per heavy atom.